The molecule has 23 heavy (non-hydrogen) atoms. The normalized spacial score (nSPS) is 10.5. The fourth-order valence-electron chi connectivity index (χ4n) is 2.55. The van der Waals surface area contributed by atoms with Crippen molar-refractivity contribution in [2.24, 2.45) is 0 Å². The summed E-state index contributed by atoms with van der Waals surface area (Å²) in [5.74, 6) is 0.0840. The van der Waals surface area contributed by atoms with Gasteiger partial charge in [-0.1, -0.05) is 78.1 Å². The first-order valence-corrected chi connectivity index (χ1v) is 9.74. The van der Waals surface area contributed by atoms with Gasteiger partial charge in [-0.2, -0.15) is 0 Å². The van der Waals surface area contributed by atoms with Crippen molar-refractivity contribution in [3.05, 3.63) is 0 Å². The summed E-state index contributed by atoms with van der Waals surface area (Å²) >= 11 is 0. The van der Waals surface area contributed by atoms with Crippen LogP contribution in [0.4, 0.5) is 0 Å². The first-order chi connectivity index (χ1) is 11.2. The van der Waals surface area contributed by atoms with Crippen molar-refractivity contribution in [3.63, 3.8) is 0 Å². The van der Waals surface area contributed by atoms with E-state index in [2.05, 4.69) is 24.5 Å². The zero-order valence-corrected chi connectivity index (χ0v) is 15.4. The molecular weight excluding hydrogens is 288 g/mol. The lowest BCUT2D eigenvalue weighted by Crippen LogP contribution is -2.37. The minimum absolute atomic E-state index is 0.0420. The highest BCUT2D eigenvalue weighted by Gasteiger charge is 2.03. The topological polar surface area (TPSA) is 58.2 Å². The van der Waals surface area contributed by atoms with Crippen LogP contribution in [0.1, 0.15) is 104 Å². The van der Waals surface area contributed by atoms with Gasteiger partial charge in [-0.3, -0.25) is 9.59 Å². The van der Waals surface area contributed by atoms with Gasteiger partial charge < -0.3 is 10.6 Å². The van der Waals surface area contributed by atoms with E-state index in [1.165, 1.54) is 51.4 Å². The molecule has 0 aromatic carbocycles. The quantitative estimate of drug-likeness (QED) is 0.320. The van der Waals surface area contributed by atoms with Crippen molar-refractivity contribution in [2.75, 3.05) is 6.67 Å². The van der Waals surface area contributed by atoms with Crippen molar-refractivity contribution in [3.8, 4) is 0 Å². The molecule has 0 saturated carbocycles. The van der Waals surface area contributed by atoms with Crippen molar-refractivity contribution >= 4 is 11.8 Å². The maximum absolute atomic E-state index is 11.6. The number of amides is 2. The Hall–Kier alpha value is -1.06. The third-order valence-corrected chi connectivity index (χ3v) is 4.09. The largest absolute Gasteiger partial charge is 0.339 e. The summed E-state index contributed by atoms with van der Waals surface area (Å²) in [6.07, 6.45) is 15.3. The van der Waals surface area contributed by atoms with Crippen LogP contribution < -0.4 is 10.6 Å². The Kier molecular flexibility index (Phi) is 16.5. The van der Waals surface area contributed by atoms with Gasteiger partial charge in [-0.15, -0.1) is 0 Å². The second-order valence-corrected chi connectivity index (χ2v) is 6.41. The molecule has 0 saturated heterocycles. The van der Waals surface area contributed by atoms with Crippen LogP contribution in [-0.2, 0) is 9.59 Å². The molecule has 0 atom stereocenters. The SMILES string of the molecule is CCCCCCCCC(=O)NCNC(=O)CCCCCCCC. The van der Waals surface area contributed by atoms with Crippen LogP contribution in [0, 0.1) is 0 Å². The molecule has 2 amide bonds. The number of unbranched alkanes of at least 4 members (excludes halogenated alkanes) is 10. The van der Waals surface area contributed by atoms with E-state index in [4.69, 9.17) is 0 Å². The average molecular weight is 327 g/mol. The fourth-order valence-corrected chi connectivity index (χ4v) is 2.55. The Bertz CT molecular complexity index is 265. The zero-order chi connectivity index (χ0) is 17.2. The molecule has 0 aliphatic heterocycles. The van der Waals surface area contributed by atoms with Gasteiger partial charge in [0, 0.05) is 12.8 Å². The number of hydrogen-bond donors (Lipinski definition) is 2. The van der Waals surface area contributed by atoms with Gasteiger partial charge in [-0.05, 0) is 12.8 Å². The summed E-state index contributed by atoms with van der Waals surface area (Å²) < 4.78 is 0. The molecule has 0 heterocycles. The van der Waals surface area contributed by atoms with Gasteiger partial charge in [0.15, 0.2) is 0 Å². The van der Waals surface area contributed by atoms with Crippen molar-refractivity contribution < 1.29 is 9.59 Å². The Balaban J connectivity index is 3.33. The molecule has 0 unspecified atom stereocenters. The molecule has 4 nitrogen and oxygen atoms in total. The van der Waals surface area contributed by atoms with Gasteiger partial charge >= 0.3 is 0 Å². The van der Waals surface area contributed by atoms with Gasteiger partial charge in [0.25, 0.3) is 0 Å². The molecule has 0 rings (SSSR count). The molecule has 0 spiro atoms. The predicted molar refractivity (Wildman–Crippen MR) is 97.1 cm³/mol. The van der Waals surface area contributed by atoms with E-state index in [9.17, 15) is 9.59 Å². The summed E-state index contributed by atoms with van der Waals surface area (Å²) in [5.41, 5.74) is 0. The van der Waals surface area contributed by atoms with Crippen LogP contribution in [-0.4, -0.2) is 18.5 Å². The minimum Gasteiger partial charge on any atom is -0.339 e. The van der Waals surface area contributed by atoms with E-state index in [-0.39, 0.29) is 18.5 Å². The Labute approximate surface area is 143 Å². The highest BCUT2D eigenvalue weighted by Crippen LogP contribution is 2.07. The van der Waals surface area contributed by atoms with Crippen molar-refractivity contribution in [2.45, 2.75) is 104 Å². The molecule has 2 N–H and O–H groups in total. The Morgan fingerprint density at radius 2 is 0.913 bits per heavy atom. The molecule has 0 aliphatic rings. The smallest absolute Gasteiger partial charge is 0.221 e. The predicted octanol–water partition coefficient (Wildman–Crippen LogP) is 4.68. The van der Waals surface area contributed by atoms with E-state index in [1.807, 2.05) is 0 Å². The first-order valence-electron chi connectivity index (χ1n) is 9.74. The first kappa shape index (κ1) is 21.9. The molecule has 0 aromatic heterocycles. The Morgan fingerprint density at radius 3 is 1.30 bits per heavy atom. The minimum atomic E-state index is 0.0420. The van der Waals surface area contributed by atoms with Crippen molar-refractivity contribution in [1.29, 1.82) is 0 Å². The zero-order valence-electron chi connectivity index (χ0n) is 15.4. The summed E-state index contributed by atoms with van der Waals surface area (Å²) in [7, 11) is 0. The summed E-state index contributed by atoms with van der Waals surface area (Å²) in [4.78, 5) is 23.2. The number of carbonyl (C=O) groups excluding carboxylic acids is 2. The van der Waals surface area contributed by atoms with Crippen LogP contribution >= 0.6 is 0 Å². The van der Waals surface area contributed by atoms with Crippen LogP contribution in [0.25, 0.3) is 0 Å². The Morgan fingerprint density at radius 1 is 0.565 bits per heavy atom. The highest BCUT2D eigenvalue weighted by atomic mass is 16.2. The van der Waals surface area contributed by atoms with E-state index >= 15 is 0 Å². The molecule has 0 fully saturated rings. The highest BCUT2D eigenvalue weighted by molar-refractivity contribution is 5.78. The summed E-state index contributed by atoms with van der Waals surface area (Å²) in [6, 6.07) is 0. The lowest BCUT2D eigenvalue weighted by Gasteiger charge is -2.07. The van der Waals surface area contributed by atoms with Crippen LogP contribution in [0.15, 0.2) is 0 Å². The molecule has 136 valence electrons. The van der Waals surface area contributed by atoms with Crippen LogP contribution in [0.2, 0.25) is 0 Å². The van der Waals surface area contributed by atoms with Gasteiger partial charge in [0.2, 0.25) is 11.8 Å². The van der Waals surface area contributed by atoms with Crippen molar-refractivity contribution in [1.82, 2.24) is 10.6 Å². The fraction of sp³-hybridized carbons (Fsp3) is 0.895. The maximum atomic E-state index is 11.6. The lowest BCUT2D eigenvalue weighted by atomic mass is 10.1. The van der Waals surface area contributed by atoms with E-state index in [0.717, 1.165) is 25.7 Å². The number of carbonyl (C=O) groups is 2. The van der Waals surface area contributed by atoms with E-state index in [0.29, 0.717) is 12.8 Å². The number of nitrogens with one attached hydrogen (secondary N) is 2. The molecule has 0 bridgehead atoms. The maximum Gasteiger partial charge on any atom is 0.221 e. The van der Waals surface area contributed by atoms with E-state index < -0.39 is 0 Å². The standard InChI is InChI=1S/C19H38N2O2/c1-3-5-7-9-11-13-15-18(22)20-17-21-19(23)16-14-12-10-8-6-4-2/h3-17H2,1-2H3,(H,20,22)(H,21,23). The van der Waals surface area contributed by atoms with Gasteiger partial charge in [0.1, 0.15) is 0 Å². The second-order valence-electron chi connectivity index (χ2n) is 6.41. The monoisotopic (exact) mass is 326 g/mol. The van der Waals surface area contributed by atoms with Crippen LogP contribution in [0.5, 0.6) is 0 Å². The molecule has 4 heteroatoms. The molecule has 0 aliphatic carbocycles. The van der Waals surface area contributed by atoms with E-state index in [1.54, 1.807) is 0 Å². The van der Waals surface area contributed by atoms with Gasteiger partial charge in [-0.25, -0.2) is 0 Å². The van der Waals surface area contributed by atoms with Gasteiger partial charge in [0.05, 0.1) is 6.67 Å². The molecule has 0 aromatic rings. The average Bonchev–Trinajstić information content (AvgIpc) is 2.54. The third kappa shape index (κ3) is 17.1. The second kappa shape index (κ2) is 17.3. The molecular formula is C19H38N2O2. The summed E-state index contributed by atoms with van der Waals surface area (Å²) in [5, 5.41) is 5.53. The number of hydrogen-bond acceptors (Lipinski definition) is 2. The van der Waals surface area contributed by atoms with Crippen LogP contribution in [0.3, 0.4) is 0 Å². The third-order valence-electron chi connectivity index (χ3n) is 4.09. The lowest BCUT2D eigenvalue weighted by molar-refractivity contribution is -0.123. The molecule has 0 radical (unpaired) electrons. The number of rotatable bonds is 16. The summed E-state index contributed by atoms with van der Waals surface area (Å²) in [6.45, 7) is 4.67.